The Morgan fingerprint density at radius 2 is 1.97 bits per heavy atom. The quantitative estimate of drug-likeness (QED) is 0.353. The standard InChI is InChI=1S/C23H21ClN8O2/c1-23(2,3)34-22(33)30(14-15-7-6-10-25-12-15)20-11-19(24)27-21-18(13-26-32(20)21)31-17-9-5-4-8-16(17)28-29-31/h4-13H,14H2,1-3H3. The van der Waals surface area contributed by atoms with Gasteiger partial charge in [-0.15, -0.1) is 5.10 Å². The van der Waals surface area contributed by atoms with Crippen molar-refractivity contribution < 1.29 is 9.53 Å². The third-order valence-electron chi connectivity index (χ3n) is 4.94. The number of ether oxygens (including phenoxy) is 1. The average Bonchev–Trinajstić information content (AvgIpc) is 3.40. The molecule has 0 saturated carbocycles. The molecule has 5 rings (SSSR count). The fourth-order valence-corrected chi connectivity index (χ4v) is 3.70. The van der Waals surface area contributed by atoms with Crippen LogP contribution in [0.15, 0.2) is 61.1 Å². The highest BCUT2D eigenvalue weighted by molar-refractivity contribution is 6.29. The van der Waals surface area contributed by atoms with Crippen LogP contribution in [0.2, 0.25) is 5.15 Å². The van der Waals surface area contributed by atoms with Crippen molar-refractivity contribution >= 4 is 40.2 Å². The number of hydrogen-bond donors (Lipinski definition) is 0. The molecule has 0 spiro atoms. The zero-order chi connectivity index (χ0) is 23.9. The van der Waals surface area contributed by atoms with E-state index < -0.39 is 11.7 Å². The number of para-hydroxylation sites is 1. The highest BCUT2D eigenvalue weighted by atomic mass is 35.5. The largest absolute Gasteiger partial charge is 0.443 e. The first-order valence-corrected chi connectivity index (χ1v) is 10.9. The molecule has 0 bridgehead atoms. The average molecular weight is 477 g/mol. The van der Waals surface area contributed by atoms with Crippen LogP contribution in [0, 0.1) is 0 Å². The Morgan fingerprint density at radius 3 is 2.74 bits per heavy atom. The molecule has 0 unspecified atom stereocenters. The van der Waals surface area contributed by atoms with Crippen molar-refractivity contribution in [2.45, 2.75) is 32.9 Å². The van der Waals surface area contributed by atoms with Crippen LogP contribution in [0.4, 0.5) is 10.6 Å². The van der Waals surface area contributed by atoms with Crippen molar-refractivity contribution in [1.29, 1.82) is 0 Å². The van der Waals surface area contributed by atoms with Gasteiger partial charge < -0.3 is 4.74 Å². The van der Waals surface area contributed by atoms with E-state index in [9.17, 15) is 4.79 Å². The third-order valence-corrected chi connectivity index (χ3v) is 5.13. The number of aromatic nitrogens is 7. The Hall–Kier alpha value is -4.05. The summed E-state index contributed by atoms with van der Waals surface area (Å²) in [5, 5.41) is 13.2. The molecule has 0 saturated heterocycles. The van der Waals surface area contributed by atoms with E-state index in [0.717, 1.165) is 16.6 Å². The molecule has 0 fully saturated rings. The molecular formula is C23H21ClN8O2. The van der Waals surface area contributed by atoms with E-state index in [1.54, 1.807) is 35.4 Å². The van der Waals surface area contributed by atoms with Crippen LogP contribution < -0.4 is 4.90 Å². The van der Waals surface area contributed by atoms with Gasteiger partial charge in [0.15, 0.2) is 5.65 Å². The maximum Gasteiger partial charge on any atom is 0.416 e. The topological polar surface area (TPSA) is 103 Å². The maximum atomic E-state index is 13.3. The van der Waals surface area contributed by atoms with Gasteiger partial charge in [0.1, 0.15) is 27.8 Å². The van der Waals surface area contributed by atoms with Crippen molar-refractivity contribution in [3.8, 4) is 5.69 Å². The van der Waals surface area contributed by atoms with E-state index in [-0.39, 0.29) is 11.7 Å². The fourth-order valence-electron chi connectivity index (χ4n) is 3.53. The lowest BCUT2D eigenvalue weighted by Gasteiger charge is -2.27. The van der Waals surface area contributed by atoms with E-state index in [0.29, 0.717) is 17.2 Å². The molecule has 0 N–H and O–H groups in total. The van der Waals surface area contributed by atoms with Gasteiger partial charge in [-0.05, 0) is 44.5 Å². The molecule has 1 amide bonds. The molecule has 0 atom stereocenters. The lowest BCUT2D eigenvalue weighted by Crippen LogP contribution is -2.37. The van der Waals surface area contributed by atoms with Gasteiger partial charge in [0.25, 0.3) is 0 Å². The number of halogens is 1. The summed E-state index contributed by atoms with van der Waals surface area (Å²) in [7, 11) is 0. The van der Waals surface area contributed by atoms with E-state index >= 15 is 0 Å². The zero-order valence-corrected chi connectivity index (χ0v) is 19.5. The predicted octanol–water partition coefficient (Wildman–Crippen LogP) is 4.45. The summed E-state index contributed by atoms with van der Waals surface area (Å²) in [5.41, 5.74) is 2.62. The third kappa shape index (κ3) is 4.15. The van der Waals surface area contributed by atoms with Crippen molar-refractivity contribution in [2.75, 3.05) is 4.90 Å². The lowest BCUT2D eigenvalue weighted by atomic mass is 10.2. The van der Waals surface area contributed by atoms with Gasteiger partial charge in [0.05, 0.1) is 18.3 Å². The monoisotopic (exact) mass is 476 g/mol. The van der Waals surface area contributed by atoms with Crippen LogP contribution in [-0.2, 0) is 11.3 Å². The van der Waals surface area contributed by atoms with Crippen LogP contribution in [0.1, 0.15) is 26.3 Å². The minimum absolute atomic E-state index is 0.188. The van der Waals surface area contributed by atoms with E-state index in [2.05, 4.69) is 25.4 Å². The van der Waals surface area contributed by atoms with Gasteiger partial charge in [-0.25, -0.2) is 14.5 Å². The highest BCUT2D eigenvalue weighted by Crippen LogP contribution is 2.28. The molecule has 11 heteroatoms. The second-order valence-corrected chi connectivity index (χ2v) is 9.01. The second kappa shape index (κ2) is 8.38. The molecule has 0 aliphatic rings. The number of carbonyl (C=O) groups is 1. The lowest BCUT2D eigenvalue weighted by molar-refractivity contribution is 0.0575. The molecule has 0 aliphatic heterocycles. The number of pyridine rings is 1. The number of carbonyl (C=O) groups excluding carboxylic acids is 1. The molecule has 4 heterocycles. The van der Waals surface area contributed by atoms with E-state index in [1.807, 2.05) is 51.1 Å². The van der Waals surface area contributed by atoms with Crippen molar-refractivity contribution in [2.24, 2.45) is 0 Å². The number of fused-ring (bicyclic) bond motifs is 2. The van der Waals surface area contributed by atoms with E-state index in [4.69, 9.17) is 16.3 Å². The van der Waals surface area contributed by atoms with Crippen LogP contribution in [-0.4, -0.2) is 46.3 Å². The number of rotatable bonds is 4. The molecule has 34 heavy (non-hydrogen) atoms. The molecule has 0 radical (unpaired) electrons. The maximum absolute atomic E-state index is 13.3. The van der Waals surface area contributed by atoms with Gasteiger partial charge in [-0.3, -0.25) is 9.88 Å². The summed E-state index contributed by atoms with van der Waals surface area (Å²) in [5.74, 6) is 0.392. The smallest absolute Gasteiger partial charge is 0.416 e. The Morgan fingerprint density at radius 1 is 1.15 bits per heavy atom. The van der Waals surface area contributed by atoms with Gasteiger partial charge >= 0.3 is 6.09 Å². The Bertz CT molecular complexity index is 1490. The summed E-state index contributed by atoms with van der Waals surface area (Å²) in [4.78, 5) is 23.4. The van der Waals surface area contributed by atoms with Crippen molar-refractivity contribution in [3.63, 3.8) is 0 Å². The fraction of sp³-hybridized carbons (Fsp3) is 0.217. The molecule has 1 aromatic carbocycles. The summed E-state index contributed by atoms with van der Waals surface area (Å²) >= 11 is 6.43. The SMILES string of the molecule is CC(C)(C)OC(=O)N(Cc1cccnc1)c1cc(Cl)nc2c(-n3nnc4ccccc43)cnn12. The minimum atomic E-state index is -0.699. The van der Waals surface area contributed by atoms with Crippen LogP contribution >= 0.6 is 11.6 Å². The second-order valence-electron chi connectivity index (χ2n) is 8.62. The molecular weight excluding hydrogens is 456 g/mol. The molecule has 5 aromatic rings. The first-order valence-electron chi connectivity index (χ1n) is 10.5. The number of hydrogen-bond acceptors (Lipinski definition) is 7. The van der Waals surface area contributed by atoms with Gasteiger partial charge in [-0.1, -0.05) is 35.0 Å². The van der Waals surface area contributed by atoms with Gasteiger partial charge in [0.2, 0.25) is 0 Å². The zero-order valence-electron chi connectivity index (χ0n) is 18.8. The minimum Gasteiger partial charge on any atom is -0.443 e. The van der Waals surface area contributed by atoms with Crippen molar-refractivity contribution in [1.82, 2.24) is 34.6 Å². The number of anilines is 1. The summed E-state index contributed by atoms with van der Waals surface area (Å²) in [6.45, 7) is 5.62. The van der Waals surface area contributed by atoms with Crippen LogP contribution in [0.3, 0.4) is 0 Å². The van der Waals surface area contributed by atoms with Crippen molar-refractivity contribution in [3.05, 3.63) is 71.8 Å². The van der Waals surface area contributed by atoms with Gasteiger partial charge in [-0.2, -0.15) is 9.61 Å². The van der Waals surface area contributed by atoms with Crippen LogP contribution in [0.5, 0.6) is 0 Å². The first kappa shape index (κ1) is 21.8. The number of benzene rings is 1. The molecule has 10 nitrogen and oxygen atoms in total. The van der Waals surface area contributed by atoms with Gasteiger partial charge in [0, 0.05) is 18.5 Å². The number of nitrogens with zero attached hydrogens (tertiary/aromatic N) is 8. The molecule has 0 aliphatic carbocycles. The number of amides is 1. The predicted molar refractivity (Wildman–Crippen MR) is 127 cm³/mol. The summed E-state index contributed by atoms with van der Waals surface area (Å²) < 4.78 is 8.87. The Kier molecular flexibility index (Phi) is 5.37. The molecule has 172 valence electrons. The Balaban J connectivity index is 1.66. The summed E-state index contributed by atoms with van der Waals surface area (Å²) in [6.07, 6.45) is 4.42. The first-order chi connectivity index (χ1) is 16.3. The molecule has 4 aromatic heterocycles. The van der Waals surface area contributed by atoms with Crippen LogP contribution in [0.25, 0.3) is 22.4 Å². The van der Waals surface area contributed by atoms with E-state index in [1.165, 1.54) is 9.42 Å². The highest BCUT2D eigenvalue weighted by Gasteiger charge is 2.27. The summed E-state index contributed by atoms with van der Waals surface area (Å²) in [6, 6.07) is 12.8. The Labute approximate surface area is 199 Å². The normalized spacial score (nSPS) is 11.8.